The van der Waals surface area contributed by atoms with E-state index in [9.17, 15) is 4.79 Å². The van der Waals surface area contributed by atoms with Crippen molar-refractivity contribution < 1.29 is 4.74 Å². The fourth-order valence-corrected chi connectivity index (χ4v) is 4.01. The Hall–Kier alpha value is -2.97. The fraction of sp³-hybridized carbons (Fsp3) is 0.318. The van der Waals surface area contributed by atoms with Crippen molar-refractivity contribution in [1.82, 2.24) is 14.5 Å². The van der Waals surface area contributed by atoms with Crippen LogP contribution in [0.15, 0.2) is 47.4 Å². The van der Waals surface area contributed by atoms with Crippen LogP contribution in [0.2, 0.25) is 0 Å². The number of rotatable bonds is 0. The number of benzene rings is 1. The van der Waals surface area contributed by atoms with Gasteiger partial charge in [-0.15, -0.1) is 0 Å². The maximum atomic E-state index is 13.0. The highest BCUT2D eigenvalue weighted by molar-refractivity contribution is 5.79. The third-order valence-electron chi connectivity index (χ3n) is 5.52. The van der Waals surface area contributed by atoms with Crippen LogP contribution < -0.4 is 5.56 Å². The molecule has 5 heteroatoms. The molecule has 3 aromatic rings. The molecule has 2 aliphatic heterocycles. The molecule has 0 saturated carbocycles. The average Bonchev–Trinajstić information content (AvgIpc) is 3.07. The van der Waals surface area contributed by atoms with Gasteiger partial charge in [-0.25, -0.2) is 9.97 Å². The summed E-state index contributed by atoms with van der Waals surface area (Å²) in [5.74, 6) is 8.02. The lowest BCUT2D eigenvalue weighted by molar-refractivity contribution is 0.176. The monoisotopic (exact) mass is 357 g/mol. The summed E-state index contributed by atoms with van der Waals surface area (Å²) in [7, 11) is 0. The Labute approximate surface area is 157 Å². The summed E-state index contributed by atoms with van der Waals surface area (Å²) in [6.07, 6.45) is 3.57. The number of aromatic nitrogens is 3. The first kappa shape index (κ1) is 16.2. The number of fused-ring (bicyclic) bond motifs is 3. The maximum Gasteiger partial charge on any atom is 0.261 e. The summed E-state index contributed by atoms with van der Waals surface area (Å²) in [6.45, 7) is 2.26. The fourth-order valence-electron chi connectivity index (χ4n) is 4.01. The lowest BCUT2D eigenvalue weighted by atomic mass is 9.93. The molecule has 0 amide bonds. The van der Waals surface area contributed by atoms with E-state index in [-0.39, 0.29) is 5.56 Å². The zero-order chi connectivity index (χ0) is 18.2. The number of hydrogen-bond donors (Lipinski definition) is 0. The zero-order valence-corrected chi connectivity index (χ0v) is 14.9. The molecule has 0 bridgehead atoms. The molecule has 134 valence electrons. The van der Waals surface area contributed by atoms with Crippen LogP contribution in [0.1, 0.15) is 23.5 Å². The van der Waals surface area contributed by atoms with Gasteiger partial charge in [0.1, 0.15) is 11.5 Å². The Bertz CT molecular complexity index is 1130. The molecule has 0 aliphatic carbocycles. The van der Waals surface area contributed by atoms with Crippen molar-refractivity contribution in [2.45, 2.75) is 19.4 Å². The maximum absolute atomic E-state index is 13.0. The molecule has 0 unspecified atom stereocenters. The highest BCUT2D eigenvalue weighted by Gasteiger charge is 2.32. The molecule has 5 nitrogen and oxygen atoms in total. The van der Waals surface area contributed by atoms with Gasteiger partial charge in [0.05, 0.1) is 17.5 Å². The van der Waals surface area contributed by atoms with Gasteiger partial charge < -0.3 is 4.74 Å². The molecular weight excluding hydrogens is 338 g/mol. The number of hydrogen-bond acceptors (Lipinski definition) is 4. The van der Waals surface area contributed by atoms with Crippen LogP contribution in [-0.4, -0.2) is 27.7 Å². The Morgan fingerprint density at radius 2 is 2.04 bits per heavy atom. The Kier molecular flexibility index (Phi) is 3.99. The number of aryl methyl sites for hydroxylation is 1. The molecule has 5 rings (SSSR count). The van der Waals surface area contributed by atoms with Crippen LogP contribution in [0, 0.1) is 23.7 Å². The molecule has 2 aliphatic rings. The summed E-state index contributed by atoms with van der Waals surface area (Å²) >= 11 is 0. The van der Waals surface area contributed by atoms with Crippen molar-refractivity contribution >= 4 is 10.9 Å². The second-order valence-electron chi connectivity index (χ2n) is 7.24. The minimum Gasteiger partial charge on any atom is -0.381 e. The summed E-state index contributed by atoms with van der Waals surface area (Å²) in [6, 6.07) is 11.3. The smallest absolute Gasteiger partial charge is 0.261 e. The van der Waals surface area contributed by atoms with Crippen LogP contribution in [0.3, 0.4) is 0 Å². The van der Waals surface area contributed by atoms with E-state index in [0.29, 0.717) is 23.8 Å². The first-order chi connectivity index (χ1) is 13.3. The van der Waals surface area contributed by atoms with Crippen molar-refractivity contribution in [3.8, 4) is 11.8 Å². The van der Waals surface area contributed by atoms with Gasteiger partial charge in [0.2, 0.25) is 0 Å². The Morgan fingerprint density at radius 3 is 2.93 bits per heavy atom. The van der Waals surface area contributed by atoms with E-state index in [2.05, 4.69) is 16.8 Å². The molecule has 0 spiro atoms. The van der Waals surface area contributed by atoms with Crippen molar-refractivity contribution in [1.29, 1.82) is 0 Å². The van der Waals surface area contributed by atoms with E-state index < -0.39 is 0 Å². The van der Waals surface area contributed by atoms with E-state index in [0.717, 1.165) is 48.7 Å². The van der Waals surface area contributed by atoms with Gasteiger partial charge in [0, 0.05) is 37.3 Å². The van der Waals surface area contributed by atoms with Gasteiger partial charge in [0.25, 0.3) is 5.56 Å². The van der Waals surface area contributed by atoms with Gasteiger partial charge in [-0.05, 0) is 48.6 Å². The van der Waals surface area contributed by atoms with E-state index >= 15 is 0 Å². The van der Waals surface area contributed by atoms with Crippen LogP contribution in [0.4, 0.5) is 0 Å². The molecule has 0 radical (unpaired) electrons. The highest BCUT2D eigenvalue weighted by Crippen LogP contribution is 2.29. The predicted molar refractivity (Wildman–Crippen MR) is 102 cm³/mol. The topological polar surface area (TPSA) is 57.0 Å². The van der Waals surface area contributed by atoms with Gasteiger partial charge in [0.15, 0.2) is 0 Å². The first-order valence-corrected chi connectivity index (χ1v) is 9.32. The van der Waals surface area contributed by atoms with E-state index in [1.54, 1.807) is 6.20 Å². The van der Waals surface area contributed by atoms with Crippen LogP contribution in [0.5, 0.6) is 0 Å². The summed E-state index contributed by atoms with van der Waals surface area (Å²) in [5.41, 5.74) is 2.33. The van der Waals surface area contributed by atoms with E-state index in [4.69, 9.17) is 9.72 Å². The van der Waals surface area contributed by atoms with E-state index in [1.807, 2.05) is 41.0 Å². The second-order valence-corrected chi connectivity index (χ2v) is 7.24. The standard InChI is InChI=1S/C22H19N3O2/c26-22-19-8-5-15(4-7-18-3-1-2-10-23-18)11-20(19)24-21-9-6-16-13-27-14-17(16)12-25(21)22/h1-3,5,8,10-11,16-17H,6,9,12-14H2/t16-,17+/m1/s1. The van der Waals surface area contributed by atoms with Crippen molar-refractivity contribution in [3.63, 3.8) is 0 Å². The average molecular weight is 357 g/mol. The predicted octanol–water partition coefficient (Wildman–Crippen LogP) is 2.40. The summed E-state index contributed by atoms with van der Waals surface area (Å²) in [4.78, 5) is 22.1. The molecule has 1 saturated heterocycles. The van der Waals surface area contributed by atoms with Gasteiger partial charge in [-0.3, -0.25) is 9.36 Å². The number of pyridine rings is 1. The normalized spacial score (nSPS) is 21.0. The molecule has 1 aromatic carbocycles. The van der Waals surface area contributed by atoms with Gasteiger partial charge in [-0.2, -0.15) is 0 Å². The SMILES string of the molecule is O=c1c2ccc(C#Cc3ccccn3)cc2nc2n1C[C@H]1COC[C@H]1CC2. The molecule has 1 fully saturated rings. The third-order valence-corrected chi connectivity index (χ3v) is 5.52. The van der Waals surface area contributed by atoms with Gasteiger partial charge in [-0.1, -0.05) is 12.0 Å². The molecule has 4 heterocycles. The van der Waals surface area contributed by atoms with Crippen LogP contribution in [0.25, 0.3) is 10.9 Å². The number of nitrogens with zero attached hydrogens (tertiary/aromatic N) is 3. The summed E-state index contributed by atoms with van der Waals surface area (Å²) < 4.78 is 7.47. The van der Waals surface area contributed by atoms with Crippen LogP contribution in [-0.2, 0) is 17.7 Å². The lowest BCUT2D eigenvalue weighted by Crippen LogP contribution is -2.28. The number of ether oxygens (including phenoxy) is 1. The minimum atomic E-state index is 0.0479. The van der Waals surface area contributed by atoms with Gasteiger partial charge >= 0.3 is 0 Å². The molecular formula is C22H19N3O2. The third kappa shape index (κ3) is 3.02. The quantitative estimate of drug-likeness (QED) is 0.580. The Balaban J connectivity index is 1.55. The summed E-state index contributed by atoms with van der Waals surface area (Å²) in [5, 5.41) is 0.652. The zero-order valence-electron chi connectivity index (χ0n) is 14.9. The minimum absolute atomic E-state index is 0.0479. The van der Waals surface area contributed by atoms with Crippen LogP contribution >= 0.6 is 0 Å². The largest absolute Gasteiger partial charge is 0.381 e. The lowest BCUT2D eigenvalue weighted by Gasteiger charge is -2.14. The van der Waals surface area contributed by atoms with Crippen molar-refractivity contribution in [2.75, 3.05) is 13.2 Å². The van der Waals surface area contributed by atoms with Crippen molar-refractivity contribution in [2.24, 2.45) is 11.8 Å². The molecule has 2 atom stereocenters. The van der Waals surface area contributed by atoms with E-state index in [1.165, 1.54) is 0 Å². The second kappa shape index (κ2) is 6.64. The first-order valence-electron chi connectivity index (χ1n) is 9.32. The Morgan fingerprint density at radius 1 is 1.11 bits per heavy atom. The molecule has 0 N–H and O–H groups in total. The molecule has 2 aromatic heterocycles. The highest BCUT2D eigenvalue weighted by atomic mass is 16.5. The van der Waals surface area contributed by atoms with Crippen molar-refractivity contribution in [3.05, 3.63) is 70.0 Å². The molecule has 27 heavy (non-hydrogen) atoms.